The van der Waals surface area contributed by atoms with E-state index in [-0.39, 0.29) is 24.9 Å². The van der Waals surface area contributed by atoms with Gasteiger partial charge in [0.1, 0.15) is 5.82 Å². The van der Waals surface area contributed by atoms with Crippen molar-refractivity contribution in [3.05, 3.63) is 68.4 Å². The Morgan fingerprint density at radius 2 is 2.09 bits per heavy atom. The van der Waals surface area contributed by atoms with Crippen LogP contribution in [0.4, 0.5) is 4.39 Å². The van der Waals surface area contributed by atoms with Crippen LogP contribution in [0.5, 0.6) is 0 Å². The van der Waals surface area contributed by atoms with Gasteiger partial charge in [-0.25, -0.2) is 4.39 Å². The molecule has 6 heteroatoms. The standard InChI is InChI=1S/C16H14BrClFNO2/c1-22-9-11-3-2-10(6-15(11)19)8-20-16(21)13-7-12(17)4-5-14(13)18/h2-7H,8-9H2,1H3,(H,20,21). The average molecular weight is 387 g/mol. The van der Waals surface area contributed by atoms with Gasteiger partial charge in [0.05, 0.1) is 17.2 Å². The molecule has 0 saturated heterocycles. The van der Waals surface area contributed by atoms with E-state index < -0.39 is 0 Å². The molecule has 0 aliphatic rings. The topological polar surface area (TPSA) is 38.3 Å². The number of carbonyl (C=O) groups is 1. The van der Waals surface area contributed by atoms with Gasteiger partial charge in [0, 0.05) is 23.7 Å². The Bertz CT molecular complexity index is 694. The SMILES string of the molecule is COCc1ccc(CNC(=O)c2cc(Br)ccc2Cl)cc1F. The largest absolute Gasteiger partial charge is 0.380 e. The number of carbonyl (C=O) groups excluding carboxylic acids is 1. The Kier molecular flexibility index (Phi) is 5.94. The zero-order valence-corrected chi connectivity index (χ0v) is 14.2. The number of nitrogens with one attached hydrogen (secondary N) is 1. The molecular weight excluding hydrogens is 373 g/mol. The van der Waals surface area contributed by atoms with Crippen molar-refractivity contribution in [1.29, 1.82) is 0 Å². The molecule has 1 amide bonds. The number of methoxy groups -OCH3 is 1. The molecule has 2 aromatic rings. The van der Waals surface area contributed by atoms with Gasteiger partial charge in [0.25, 0.3) is 5.91 Å². The van der Waals surface area contributed by atoms with E-state index in [0.717, 1.165) is 4.47 Å². The monoisotopic (exact) mass is 385 g/mol. The van der Waals surface area contributed by atoms with Gasteiger partial charge in [-0.05, 0) is 29.8 Å². The molecule has 0 heterocycles. The minimum Gasteiger partial charge on any atom is -0.380 e. The molecule has 0 bridgehead atoms. The number of amides is 1. The van der Waals surface area contributed by atoms with Gasteiger partial charge in [-0.15, -0.1) is 0 Å². The summed E-state index contributed by atoms with van der Waals surface area (Å²) in [5.41, 5.74) is 1.51. The molecule has 0 atom stereocenters. The molecule has 2 rings (SSSR count). The van der Waals surface area contributed by atoms with E-state index in [1.807, 2.05) is 0 Å². The van der Waals surface area contributed by atoms with E-state index in [4.69, 9.17) is 16.3 Å². The Labute approximate surface area is 141 Å². The highest BCUT2D eigenvalue weighted by Gasteiger charge is 2.11. The van der Waals surface area contributed by atoms with Crippen molar-refractivity contribution in [2.75, 3.05) is 7.11 Å². The van der Waals surface area contributed by atoms with Crippen molar-refractivity contribution in [3.63, 3.8) is 0 Å². The Balaban J connectivity index is 2.05. The maximum atomic E-state index is 13.8. The van der Waals surface area contributed by atoms with Crippen molar-refractivity contribution < 1.29 is 13.9 Å². The lowest BCUT2D eigenvalue weighted by atomic mass is 10.1. The van der Waals surface area contributed by atoms with Crippen molar-refractivity contribution in [3.8, 4) is 0 Å². The van der Waals surface area contributed by atoms with Gasteiger partial charge in [0.2, 0.25) is 0 Å². The number of ether oxygens (including phenoxy) is 1. The summed E-state index contributed by atoms with van der Waals surface area (Å²) < 4.78 is 19.4. The highest BCUT2D eigenvalue weighted by molar-refractivity contribution is 9.10. The maximum absolute atomic E-state index is 13.8. The van der Waals surface area contributed by atoms with Crippen molar-refractivity contribution in [1.82, 2.24) is 5.32 Å². The number of hydrogen-bond donors (Lipinski definition) is 1. The summed E-state index contributed by atoms with van der Waals surface area (Å²) in [5, 5.41) is 3.08. The van der Waals surface area contributed by atoms with Crippen LogP contribution in [0.25, 0.3) is 0 Å². The molecule has 0 radical (unpaired) electrons. The fourth-order valence-electron chi connectivity index (χ4n) is 1.92. The molecular formula is C16H14BrClFNO2. The summed E-state index contributed by atoms with van der Waals surface area (Å²) in [5.74, 6) is -0.665. The maximum Gasteiger partial charge on any atom is 0.253 e. The molecule has 0 fully saturated rings. The molecule has 0 saturated carbocycles. The van der Waals surface area contributed by atoms with Crippen LogP contribution in [-0.4, -0.2) is 13.0 Å². The van der Waals surface area contributed by atoms with Crippen LogP contribution in [0.1, 0.15) is 21.5 Å². The first-order valence-corrected chi connectivity index (χ1v) is 7.68. The summed E-state index contributed by atoms with van der Waals surface area (Å²) in [4.78, 5) is 12.1. The van der Waals surface area contributed by atoms with Crippen LogP contribution in [0.15, 0.2) is 40.9 Å². The fraction of sp³-hybridized carbons (Fsp3) is 0.188. The van der Waals surface area contributed by atoms with Crippen LogP contribution in [0.2, 0.25) is 5.02 Å². The molecule has 116 valence electrons. The molecule has 1 N–H and O–H groups in total. The summed E-state index contributed by atoms with van der Waals surface area (Å²) in [7, 11) is 1.51. The highest BCUT2D eigenvalue weighted by Crippen LogP contribution is 2.21. The molecule has 0 spiro atoms. The van der Waals surface area contributed by atoms with Crippen molar-refractivity contribution in [2.24, 2.45) is 0 Å². The number of halogens is 3. The highest BCUT2D eigenvalue weighted by atomic mass is 79.9. The molecule has 0 aromatic heterocycles. The molecule has 2 aromatic carbocycles. The summed E-state index contributed by atoms with van der Waals surface area (Å²) >= 11 is 9.29. The van der Waals surface area contributed by atoms with Crippen molar-refractivity contribution in [2.45, 2.75) is 13.2 Å². The van der Waals surface area contributed by atoms with Gasteiger partial charge < -0.3 is 10.1 Å². The van der Waals surface area contributed by atoms with E-state index in [1.54, 1.807) is 30.3 Å². The average Bonchev–Trinajstić information content (AvgIpc) is 2.50. The quantitative estimate of drug-likeness (QED) is 0.831. The summed E-state index contributed by atoms with van der Waals surface area (Å²) in [6, 6.07) is 9.81. The second-order valence-corrected chi connectivity index (χ2v) is 5.99. The van der Waals surface area contributed by atoms with Gasteiger partial charge in [0.15, 0.2) is 0 Å². The van der Waals surface area contributed by atoms with E-state index >= 15 is 0 Å². The lowest BCUT2D eigenvalue weighted by molar-refractivity contribution is 0.0951. The number of benzene rings is 2. The molecule has 0 unspecified atom stereocenters. The number of hydrogen-bond acceptors (Lipinski definition) is 2. The Morgan fingerprint density at radius 3 is 2.77 bits per heavy atom. The van der Waals surface area contributed by atoms with Gasteiger partial charge in [-0.1, -0.05) is 39.7 Å². The first-order chi connectivity index (χ1) is 10.5. The second kappa shape index (κ2) is 7.72. The van der Waals surface area contributed by atoms with Crippen molar-refractivity contribution >= 4 is 33.4 Å². The lowest BCUT2D eigenvalue weighted by Gasteiger charge is -2.09. The molecule has 0 aliphatic heterocycles. The van der Waals surface area contributed by atoms with Crippen LogP contribution < -0.4 is 5.32 Å². The molecule has 3 nitrogen and oxygen atoms in total. The fourth-order valence-corrected chi connectivity index (χ4v) is 2.49. The van der Waals surface area contributed by atoms with Crippen LogP contribution >= 0.6 is 27.5 Å². The van der Waals surface area contributed by atoms with Gasteiger partial charge in [-0.2, -0.15) is 0 Å². The first kappa shape index (κ1) is 16.9. The zero-order valence-electron chi connectivity index (χ0n) is 11.8. The minimum absolute atomic E-state index is 0.214. The predicted molar refractivity (Wildman–Crippen MR) is 87.4 cm³/mol. The van der Waals surface area contributed by atoms with Gasteiger partial charge in [-0.3, -0.25) is 4.79 Å². The minimum atomic E-state index is -0.353. The van der Waals surface area contributed by atoms with E-state index in [0.29, 0.717) is 21.7 Å². The third-order valence-corrected chi connectivity index (χ3v) is 3.87. The third-order valence-electron chi connectivity index (χ3n) is 3.04. The Hall–Kier alpha value is -1.43. The summed E-state index contributed by atoms with van der Waals surface area (Å²) in [6.07, 6.45) is 0. The summed E-state index contributed by atoms with van der Waals surface area (Å²) in [6.45, 7) is 0.429. The second-order valence-electron chi connectivity index (χ2n) is 4.67. The number of rotatable bonds is 5. The molecule has 22 heavy (non-hydrogen) atoms. The Morgan fingerprint density at radius 1 is 1.32 bits per heavy atom. The van der Waals surface area contributed by atoms with Crippen LogP contribution in [0, 0.1) is 5.82 Å². The van der Waals surface area contributed by atoms with E-state index in [9.17, 15) is 9.18 Å². The van der Waals surface area contributed by atoms with Gasteiger partial charge >= 0.3 is 0 Å². The lowest BCUT2D eigenvalue weighted by Crippen LogP contribution is -2.23. The normalized spacial score (nSPS) is 10.5. The third kappa shape index (κ3) is 4.29. The van der Waals surface area contributed by atoms with Crippen LogP contribution in [-0.2, 0) is 17.9 Å². The van der Waals surface area contributed by atoms with E-state index in [2.05, 4.69) is 21.2 Å². The smallest absolute Gasteiger partial charge is 0.253 e. The molecule has 0 aliphatic carbocycles. The zero-order chi connectivity index (χ0) is 16.1. The first-order valence-electron chi connectivity index (χ1n) is 6.50. The predicted octanol–water partition coefficient (Wildman–Crippen LogP) is 4.32. The van der Waals surface area contributed by atoms with Crippen LogP contribution in [0.3, 0.4) is 0 Å². The van der Waals surface area contributed by atoms with E-state index in [1.165, 1.54) is 13.2 Å².